The molecule has 3 heterocycles. The number of amides is 1. The first kappa shape index (κ1) is 16.8. The number of aromatic nitrogens is 1. The molecular formula is C17H22FN3O3. The standard InChI is InChI=1S/C17H22FN3O3/c1-10(2)20-5-4-17(18)13(8-20)9-21(16(17)24)14-11(3)6-12(7-19-14)15(22)23/h6-7,10,13H,4-5,8-9H2,1-3H3,(H,22,23)/t13-,17+/m0/s1. The molecule has 0 aromatic carbocycles. The number of piperidine rings is 1. The number of alkyl halides is 1. The lowest BCUT2D eigenvalue weighted by atomic mass is 9.84. The molecule has 0 unspecified atom stereocenters. The summed E-state index contributed by atoms with van der Waals surface area (Å²) >= 11 is 0. The summed E-state index contributed by atoms with van der Waals surface area (Å²) in [6.07, 6.45) is 1.41. The van der Waals surface area contributed by atoms with E-state index < -0.39 is 17.5 Å². The maximum absolute atomic E-state index is 15.3. The quantitative estimate of drug-likeness (QED) is 0.913. The van der Waals surface area contributed by atoms with Gasteiger partial charge in [0.1, 0.15) is 5.82 Å². The molecule has 1 aromatic rings. The van der Waals surface area contributed by atoms with Crippen LogP contribution in [0.2, 0.25) is 0 Å². The van der Waals surface area contributed by atoms with Gasteiger partial charge in [-0.3, -0.25) is 9.69 Å². The maximum Gasteiger partial charge on any atom is 0.337 e. The van der Waals surface area contributed by atoms with Crippen LogP contribution >= 0.6 is 0 Å². The fourth-order valence-electron chi connectivity index (χ4n) is 3.66. The number of carboxylic acids is 1. The molecular weight excluding hydrogens is 313 g/mol. The van der Waals surface area contributed by atoms with Gasteiger partial charge < -0.3 is 10.0 Å². The number of aryl methyl sites for hydroxylation is 1. The van der Waals surface area contributed by atoms with Crippen LogP contribution in [0.3, 0.4) is 0 Å². The number of fused-ring (bicyclic) bond motifs is 1. The van der Waals surface area contributed by atoms with Crippen LogP contribution in [0, 0.1) is 12.8 Å². The third-order valence-corrected chi connectivity index (χ3v) is 5.15. The molecule has 24 heavy (non-hydrogen) atoms. The highest BCUT2D eigenvalue weighted by Crippen LogP contribution is 2.42. The molecule has 2 saturated heterocycles. The Kier molecular flexibility index (Phi) is 4.07. The molecule has 2 atom stereocenters. The lowest BCUT2D eigenvalue weighted by molar-refractivity contribution is -0.132. The summed E-state index contributed by atoms with van der Waals surface area (Å²) in [6, 6.07) is 1.78. The topological polar surface area (TPSA) is 73.7 Å². The number of rotatable bonds is 3. The molecule has 130 valence electrons. The Morgan fingerprint density at radius 1 is 1.46 bits per heavy atom. The molecule has 7 heteroatoms. The summed E-state index contributed by atoms with van der Waals surface area (Å²) in [5.74, 6) is -1.66. The van der Waals surface area contributed by atoms with E-state index >= 15 is 4.39 Å². The highest BCUT2D eigenvalue weighted by Gasteiger charge is 2.57. The molecule has 1 amide bonds. The number of hydrogen-bond acceptors (Lipinski definition) is 4. The SMILES string of the molecule is Cc1cc(C(=O)O)cnc1N1C[C@@H]2CN(C(C)C)CC[C@]2(F)C1=O. The first-order valence-corrected chi connectivity index (χ1v) is 8.19. The average molecular weight is 335 g/mol. The fourth-order valence-corrected chi connectivity index (χ4v) is 3.66. The number of halogens is 1. The Balaban J connectivity index is 1.89. The van der Waals surface area contributed by atoms with Gasteiger partial charge in [0, 0.05) is 44.2 Å². The monoisotopic (exact) mass is 335 g/mol. The maximum atomic E-state index is 15.3. The predicted octanol–water partition coefficient (Wildman–Crippen LogP) is 1.87. The number of carbonyl (C=O) groups excluding carboxylic acids is 1. The van der Waals surface area contributed by atoms with E-state index in [1.165, 1.54) is 17.2 Å². The van der Waals surface area contributed by atoms with Crippen molar-refractivity contribution in [2.45, 2.75) is 38.9 Å². The number of hydrogen-bond donors (Lipinski definition) is 1. The minimum atomic E-state index is -1.84. The second-order valence-corrected chi connectivity index (χ2v) is 6.98. The number of pyridine rings is 1. The van der Waals surface area contributed by atoms with Gasteiger partial charge in [-0.1, -0.05) is 0 Å². The minimum absolute atomic E-state index is 0.0567. The number of nitrogens with zero attached hydrogens (tertiary/aromatic N) is 3. The Morgan fingerprint density at radius 2 is 2.17 bits per heavy atom. The number of carboxylic acid groups (broad SMARTS) is 1. The summed E-state index contributed by atoms with van der Waals surface area (Å²) in [5, 5.41) is 9.02. The van der Waals surface area contributed by atoms with Gasteiger partial charge in [-0.05, 0) is 32.4 Å². The molecule has 1 N–H and O–H groups in total. The van der Waals surface area contributed by atoms with Crippen molar-refractivity contribution in [3.63, 3.8) is 0 Å². The van der Waals surface area contributed by atoms with Gasteiger partial charge in [-0.25, -0.2) is 14.2 Å². The number of likely N-dealkylation sites (tertiary alicyclic amines) is 1. The molecule has 2 aliphatic rings. The fraction of sp³-hybridized carbons (Fsp3) is 0.588. The number of carbonyl (C=O) groups is 2. The second-order valence-electron chi connectivity index (χ2n) is 6.98. The van der Waals surface area contributed by atoms with Crippen LogP contribution in [0.15, 0.2) is 12.3 Å². The Labute approximate surface area is 140 Å². The molecule has 1 aromatic heterocycles. The third kappa shape index (κ3) is 2.56. The highest BCUT2D eigenvalue weighted by molar-refractivity contribution is 6.02. The zero-order valence-electron chi connectivity index (χ0n) is 14.1. The Hall–Kier alpha value is -2.02. The van der Waals surface area contributed by atoms with Crippen LogP contribution in [0.25, 0.3) is 0 Å². The molecule has 0 spiro atoms. The molecule has 0 radical (unpaired) electrons. The van der Waals surface area contributed by atoms with Crippen LogP contribution in [0.5, 0.6) is 0 Å². The van der Waals surface area contributed by atoms with E-state index in [1.807, 2.05) is 0 Å². The Bertz CT molecular complexity index is 694. The first-order valence-electron chi connectivity index (χ1n) is 8.19. The van der Waals surface area contributed by atoms with Gasteiger partial charge in [0.05, 0.1) is 5.56 Å². The van der Waals surface area contributed by atoms with Gasteiger partial charge in [0.25, 0.3) is 5.91 Å². The lowest BCUT2D eigenvalue weighted by Crippen LogP contribution is -2.52. The lowest BCUT2D eigenvalue weighted by Gasteiger charge is -2.39. The highest BCUT2D eigenvalue weighted by atomic mass is 19.1. The molecule has 2 aliphatic heterocycles. The molecule has 3 rings (SSSR count). The Morgan fingerprint density at radius 3 is 2.75 bits per heavy atom. The van der Waals surface area contributed by atoms with E-state index in [1.54, 1.807) is 6.92 Å². The first-order chi connectivity index (χ1) is 11.2. The van der Waals surface area contributed by atoms with Crippen molar-refractivity contribution in [3.05, 3.63) is 23.4 Å². The zero-order valence-corrected chi connectivity index (χ0v) is 14.1. The van der Waals surface area contributed by atoms with Crippen molar-refractivity contribution in [2.24, 2.45) is 5.92 Å². The average Bonchev–Trinajstić information content (AvgIpc) is 2.78. The normalized spacial score (nSPS) is 27.6. The zero-order chi connectivity index (χ0) is 17.6. The molecule has 6 nitrogen and oxygen atoms in total. The summed E-state index contributed by atoms with van der Waals surface area (Å²) in [5.41, 5.74) is -1.22. The smallest absolute Gasteiger partial charge is 0.337 e. The van der Waals surface area contributed by atoms with Crippen LogP contribution in [0.4, 0.5) is 10.2 Å². The number of aromatic carboxylic acids is 1. The van der Waals surface area contributed by atoms with E-state index in [-0.39, 0.29) is 24.4 Å². The summed E-state index contributed by atoms with van der Waals surface area (Å²) in [6.45, 7) is 7.21. The second kappa shape index (κ2) is 5.81. The van der Waals surface area contributed by atoms with Crippen LogP contribution < -0.4 is 4.90 Å². The van der Waals surface area contributed by atoms with E-state index in [0.29, 0.717) is 30.5 Å². The van der Waals surface area contributed by atoms with Gasteiger partial charge in [-0.2, -0.15) is 0 Å². The van der Waals surface area contributed by atoms with Gasteiger partial charge in [0.15, 0.2) is 5.67 Å². The molecule has 0 bridgehead atoms. The number of anilines is 1. The van der Waals surface area contributed by atoms with Gasteiger partial charge >= 0.3 is 5.97 Å². The van der Waals surface area contributed by atoms with E-state index in [9.17, 15) is 9.59 Å². The molecule has 2 fully saturated rings. The van der Waals surface area contributed by atoms with Crippen molar-refractivity contribution >= 4 is 17.7 Å². The van der Waals surface area contributed by atoms with Gasteiger partial charge in [0.2, 0.25) is 0 Å². The van der Waals surface area contributed by atoms with Crippen molar-refractivity contribution in [3.8, 4) is 0 Å². The summed E-state index contributed by atoms with van der Waals surface area (Å²) < 4.78 is 15.3. The molecule has 0 aliphatic carbocycles. The summed E-state index contributed by atoms with van der Waals surface area (Å²) in [7, 11) is 0. The predicted molar refractivity (Wildman–Crippen MR) is 86.9 cm³/mol. The minimum Gasteiger partial charge on any atom is -0.478 e. The van der Waals surface area contributed by atoms with E-state index in [0.717, 1.165) is 0 Å². The van der Waals surface area contributed by atoms with Gasteiger partial charge in [-0.15, -0.1) is 0 Å². The van der Waals surface area contributed by atoms with Crippen LogP contribution in [0.1, 0.15) is 36.2 Å². The van der Waals surface area contributed by atoms with Crippen molar-refractivity contribution in [2.75, 3.05) is 24.5 Å². The van der Waals surface area contributed by atoms with Crippen molar-refractivity contribution in [1.82, 2.24) is 9.88 Å². The van der Waals surface area contributed by atoms with Crippen molar-refractivity contribution in [1.29, 1.82) is 0 Å². The van der Waals surface area contributed by atoms with E-state index in [2.05, 4.69) is 23.7 Å². The van der Waals surface area contributed by atoms with E-state index in [4.69, 9.17) is 5.11 Å². The molecule has 0 saturated carbocycles. The van der Waals surface area contributed by atoms with Crippen LogP contribution in [-0.2, 0) is 4.79 Å². The largest absolute Gasteiger partial charge is 0.478 e. The third-order valence-electron chi connectivity index (χ3n) is 5.15. The van der Waals surface area contributed by atoms with Crippen LogP contribution in [-0.4, -0.2) is 58.2 Å². The van der Waals surface area contributed by atoms with Crippen molar-refractivity contribution < 1.29 is 19.1 Å². The summed E-state index contributed by atoms with van der Waals surface area (Å²) in [4.78, 5) is 31.4.